The molecule has 134 valence electrons. The van der Waals surface area contributed by atoms with Gasteiger partial charge in [-0.1, -0.05) is 25.0 Å². The fourth-order valence-electron chi connectivity index (χ4n) is 4.17. The lowest BCUT2D eigenvalue weighted by Gasteiger charge is -2.44. The summed E-state index contributed by atoms with van der Waals surface area (Å²) in [6, 6.07) is 8.76. The Kier molecular flexibility index (Phi) is 5.21. The number of hydrogen-bond acceptors (Lipinski definition) is 4. The summed E-state index contributed by atoms with van der Waals surface area (Å²) < 4.78 is 28.9. The van der Waals surface area contributed by atoms with Gasteiger partial charge in [0.25, 0.3) is 0 Å². The monoisotopic (exact) mass is 351 g/mol. The molecule has 0 radical (unpaired) electrons. The first-order valence-electron chi connectivity index (χ1n) is 9.00. The Hall–Kier alpha value is -1.07. The van der Waals surface area contributed by atoms with Crippen LogP contribution in [0.25, 0.3) is 0 Å². The molecular weight excluding hydrogens is 322 g/mol. The maximum atomic E-state index is 11.8. The smallest absolute Gasteiger partial charge is 0.150 e. The van der Waals surface area contributed by atoms with Crippen molar-refractivity contribution in [2.45, 2.75) is 61.7 Å². The van der Waals surface area contributed by atoms with E-state index in [4.69, 9.17) is 4.74 Å². The summed E-state index contributed by atoms with van der Waals surface area (Å²) in [5.41, 5.74) is 1.59. The van der Waals surface area contributed by atoms with Crippen molar-refractivity contribution in [2.24, 2.45) is 0 Å². The molecule has 2 fully saturated rings. The summed E-state index contributed by atoms with van der Waals surface area (Å²) in [7, 11) is -1.23. The predicted octanol–water partition coefficient (Wildman–Crippen LogP) is 3.06. The molecule has 0 bridgehead atoms. The Morgan fingerprint density at radius 3 is 2.42 bits per heavy atom. The van der Waals surface area contributed by atoms with Crippen molar-refractivity contribution < 1.29 is 13.2 Å². The molecule has 3 rings (SSSR count). The van der Waals surface area contributed by atoms with Crippen molar-refractivity contribution in [1.82, 2.24) is 5.32 Å². The van der Waals surface area contributed by atoms with Gasteiger partial charge in [0.2, 0.25) is 0 Å². The first-order chi connectivity index (χ1) is 11.4. The lowest BCUT2D eigenvalue weighted by atomic mass is 9.64. The number of rotatable bonds is 6. The maximum Gasteiger partial charge on any atom is 0.150 e. The van der Waals surface area contributed by atoms with Crippen LogP contribution in [0.5, 0.6) is 5.75 Å². The Bertz CT molecular complexity index is 650. The zero-order chi connectivity index (χ0) is 17.2. The molecule has 4 nitrogen and oxygen atoms in total. The SMILES string of the molecule is COc1ccc(C2(CNC3CCCC(S(C)(=O)=O)C3)CCC2)cc1. The number of sulfone groups is 1. The second-order valence-corrected chi connectivity index (χ2v) is 9.88. The molecule has 0 amide bonds. The van der Waals surface area contributed by atoms with Gasteiger partial charge in [0.05, 0.1) is 12.4 Å². The molecule has 2 saturated carbocycles. The van der Waals surface area contributed by atoms with E-state index in [1.165, 1.54) is 31.1 Å². The summed E-state index contributed by atoms with van der Waals surface area (Å²) in [6.45, 7) is 0.945. The Morgan fingerprint density at radius 1 is 1.17 bits per heavy atom. The van der Waals surface area contributed by atoms with E-state index >= 15 is 0 Å². The third-order valence-corrected chi connectivity index (χ3v) is 7.61. The third kappa shape index (κ3) is 3.77. The normalized spacial score (nSPS) is 26.6. The van der Waals surface area contributed by atoms with Gasteiger partial charge in [0.15, 0.2) is 0 Å². The van der Waals surface area contributed by atoms with Gasteiger partial charge in [-0.15, -0.1) is 0 Å². The lowest BCUT2D eigenvalue weighted by molar-refractivity contribution is 0.215. The van der Waals surface area contributed by atoms with E-state index in [1.54, 1.807) is 7.11 Å². The van der Waals surface area contributed by atoms with Crippen LogP contribution in [-0.2, 0) is 15.3 Å². The van der Waals surface area contributed by atoms with E-state index in [2.05, 4.69) is 17.4 Å². The lowest BCUT2D eigenvalue weighted by Crippen LogP contribution is -2.48. The zero-order valence-electron chi connectivity index (χ0n) is 14.8. The molecule has 0 spiro atoms. The highest BCUT2D eigenvalue weighted by molar-refractivity contribution is 7.91. The van der Waals surface area contributed by atoms with E-state index in [0.29, 0.717) is 6.04 Å². The highest BCUT2D eigenvalue weighted by Crippen LogP contribution is 2.44. The fourth-order valence-corrected chi connectivity index (χ4v) is 5.35. The molecule has 0 aromatic heterocycles. The van der Waals surface area contributed by atoms with Gasteiger partial charge in [-0.2, -0.15) is 0 Å². The van der Waals surface area contributed by atoms with Crippen molar-refractivity contribution in [3.05, 3.63) is 29.8 Å². The molecule has 2 aliphatic rings. The molecule has 0 aliphatic heterocycles. The van der Waals surface area contributed by atoms with Crippen molar-refractivity contribution >= 4 is 9.84 Å². The summed E-state index contributed by atoms with van der Waals surface area (Å²) in [6.07, 6.45) is 8.73. The van der Waals surface area contributed by atoms with Gasteiger partial charge < -0.3 is 10.1 Å². The zero-order valence-corrected chi connectivity index (χ0v) is 15.6. The van der Waals surface area contributed by atoms with Crippen molar-refractivity contribution in [1.29, 1.82) is 0 Å². The average Bonchev–Trinajstić information content (AvgIpc) is 2.54. The average molecular weight is 352 g/mol. The molecule has 5 heteroatoms. The highest BCUT2D eigenvalue weighted by atomic mass is 32.2. The van der Waals surface area contributed by atoms with Crippen LogP contribution in [0, 0.1) is 0 Å². The fraction of sp³-hybridized carbons (Fsp3) is 0.684. The summed E-state index contributed by atoms with van der Waals surface area (Å²) in [5, 5.41) is 3.53. The third-order valence-electron chi connectivity index (χ3n) is 5.97. The minimum Gasteiger partial charge on any atom is -0.497 e. The molecule has 2 unspecified atom stereocenters. The van der Waals surface area contributed by atoms with Crippen LogP contribution in [0.2, 0.25) is 0 Å². The maximum absolute atomic E-state index is 11.8. The van der Waals surface area contributed by atoms with Crippen LogP contribution in [0.3, 0.4) is 0 Å². The van der Waals surface area contributed by atoms with Crippen LogP contribution in [0.1, 0.15) is 50.5 Å². The molecule has 0 heterocycles. The Labute approximate surface area is 145 Å². The van der Waals surface area contributed by atoms with E-state index in [0.717, 1.165) is 38.0 Å². The van der Waals surface area contributed by atoms with Gasteiger partial charge in [-0.3, -0.25) is 0 Å². The minimum atomic E-state index is -2.92. The van der Waals surface area contributed by atoms with E-state index < -0.39 is 9.84 Å². The van der Waals surface area contributed by atoms with E-state index in [9.17, 15) is 8.42 Å². The first kappa shape index (κ1) is 17.7. The quantitative estimate of drug-likeness (QED) is 0.856. The number of methoxy groups -OCH3 is 1. The van der Waals surface area contributed by atoms with Gasteiger partial charge in [0, 0.05) is 24.3 Å². The standard InChI is InChI=1S/C19H29NO3S/c1-23-17-9-7-15(8-10-17)19(11-4-12-19)14-20-16-5-3-6-18(13-16)24(2,21)22/h7-10,16,18,20H,3-6,11-14H2,1-2H3. The van der Waals surface area contributed by atoms with Crippen molar-refractivity contribution in [3.63, 3.8) is 0 Å². The van der Waals surface area contributed by atoms with Gasteiger partial charge in [0.1, 0.15) is 15.6 Å². The van der Waals surface area contributed by atoms with Crippen LogP contribution in [0.4, 0.5) is 0 Å². The Morgan fingerprint density at radius 2 is 1.88 bits per heavy atom. The molecule has 1 aromatic carbocycles. The molecular formula is C19H29NO3S. The topological polar surface area (TPSA) is 55.4 Å². The number of nitrogens with one attached hydrogen (secondary N) is 1. The van der Waals surface area contributed by atoms with Crippen LogP contribution >= 0.6 is 0 Å². The molecule has 2 atom stereocenters. The summed E-state index contributed by atoms with van der Waals surface area (Å²) in [5.74, 6) is 0.893. The largest absolute Gasteiger partial charge is 0.497 e. The van der Waals surface area contributed by atoms with E-state index in [-0.39, 0.29) is 10.7 Å². The Balaban J connectivity index is 1.63. The number of ether oxygens (including phenoxy) is 1. The number of benzene rings is 1. The first-order valence-corrected chi connectivity index (χ1v) is 11.0. The van der Waals surface area contributed by atoms with E-state index in [1.807, 2.05) is 12.1 Å². The van der Waals surface area contributed by atoms with Crippen molar-refractivity contribution in [2.75, 3.05) is 19.9 Å². The second kappa shape index (κ2) is 7.04. The van der Waals surface area contributed by atoms with Crippen LogP contribution in [-0.4, -0.2) is 39.6 Å². The van der Waals surface area contributed by atoms with Crippen molar-refractivity contribution in [3.8, 4) is 5.75 Å². The van der Waals surface area contributed by atoms with Crippen LogP contribution in [0.15, 0.2) is 24.3 Å². The minimum absolute atomic E-state index is 0.165. The predicted molar refractivity (Wildman–Crippen MR) is 97.4 cm³/mol. The number of hydrogen-bond donors (Lipinski definition) is 1. The summed E-state index contributed by atoms with van der Waals surface area (Å²) >= 11 is 0. The molecule has 24 heavy (non-hydrogen) atoms. The molecule has 1 N–H and O–H groups in total. The van der Waals surface area contributed by atoms with Gasteiger partial charge in [-0.25, -0.2) is 8.42 Å². The highest BCUT2D eigenvalue weighted by Gasteiger charge is 2.39. The van der Waals surface area contributed by atoms with Gasteiger partial charge >= 0.3 is 0 Å². The van der Waals surface area contributed by atoms with Crippen LogP contribution < -0.4 is 10.1 Å². The second-order valence-electron chi connectivity index (χ2n) is 7.56. The van der Waals surface area contributed by atoms with Gasteiger partial charge in [-0.05, 0) is 49.8 Å². The molecule has 1 aromatic rings. The molecule has 2 aliphatic carbocycles. The molecule has 0 saturated heterocycles. The summed E-state index contributed by atoms with van der Waals surface area (Å²) in [4.78, 5) is 0.